The molecule has 1 rings (SSSR count). The van der Waals surface area contributed by atoms with Crippen LogP contribution in [0.15, 0.2) is 34.1 Å². The Bertz CT molecular complexity index is 477. The summed E-state index contributed by atoms with van der Waals surface area (Å²) < 4.78 is 23.1. The minimum Gasteiger partial charge on any atom is -0.481 e. The number of hydrogen-bond acceptors (Lipinski definition) is 4. The highest BCUT2D eigenvalue weighted by molar-refractivity contribution is 7.99. The summed E-state index contributed by atoms with van der Waals surface area (Å²) in [5.74, 6) is -0.268. The quantitative estimate of drug-likeness (QED) is 0.804. The molecule has 0 unspecified atom stereocenters. The van der Waals surface area contributed by atoms with E-state index in [0.29, 0.717) is 10.6 Å². The number of carboxylic acid groups (broad SMARTS) is 1. The highest BCUT2D eigenvalue weighted by Gasteiger charge is 2.10. The molecule has 1 aromatic rings. The third kappa shape index (κ3) is 4.40. The van der Waals surface area contributed by atoms with Crippen molar-refractivity contribution in [1.82, 2.24) is 0 Å². The SMILES string of the molecule is CCS(=O)(=O)c1ccc(SCCC(=O)O)cc1. The molecular formula is C11H14O4S2. The van der Waals surface area contributed by atoms with Crippen molar-refractivity contribution >= 4 is 27.6 Å². The first-order valence-corrected chi connectivity index (χ1v) is 7.77. The standard InChI is InChI=1S/C11H14O4S2/c1-2-17(14,15)10-5-3-9(4-6-10)16-8-7-11(12)13/h3-6H,2,7-8H2,1H3,(H,12,13). The van der Waals surface area contributed by atoms with E-state index in [1.165, 1.54) is 11.8 Å². The van der Waals surface area contributed by atoms with Gasteiger partial charge in [0.25, 0.3) is 0 Å². The van der Waals surface area contributed by atoms with Crippen molar-refractivity contribution in [3.63, 3.8) is 0 Å². The van der Waals surface area contributed by atoms with Crippen LogP contribution in [0.2, 0.25) is 0 Å². The fraction of sp³-hybridized carbons (Fsp3) is 0.364. The van der Waals surface area contributed by atoms with Gasteiger partial charge in [-0.15, -0.1) is 11.8 Å². The predicted molar refractivity (Wildman–Crippen MR) is 67.1 cm³/mol. The molecule has 0 radical (unpaired) electrons. The summed E-state index contributed by atoms with van der Waals surface area (Å²) in [6.45, 7) is 1.60. The smallest absolute Gasteiger partial charge is 0.304 e. The first-order chi connectivity index (χ1) is 7.95. The lowest BCUT2D eigenvalue weighted by atomic mass is 10.4. The lowest BCUT2D eigenvalue weighted by Gasteiger charge is -2.03. The Kier molecular flexibility index (Phi) is 5.02. The summed E-state index contributed by atoms with van der Waals surface area (Å²) in [5, 5.41) is 8.48. The summed E-state index contributed by atoms with van der Waals surface area (Å²) in [6, 6.07) is 6.52. The Morgan fingerprint density at radius 1 is 1.29 bits per heavy atom. The van der Waals surface area contributed by atoms with Crippen LogP contribution in [-0.2, 0) is 14.6 Å². The van der Waals surface area contributed by atoms with Crippen LogP contribution in [0.1, 0.15) is 13.3 Å². The van der Waals surface area contributed by atoms with E-state index in [1.54, 1.807) is 31.2 Å². The second-order valence-electron chi connectivity index (χ2n) is 3.37. The lowest BCUT2D eigenvalue weighted by Crippen LogP contribution is -2.03. The maximum atomic E-state index is 11.5. The molecule has 0 spiro atoms. The summed E-state index contributed by atoms with van der Waals surface area (Å²) in [6.07, 6.45) is 0.0969. The largest absolute Gasteiger partial charge is 0.481 e. The van der Waals surface area contributed by atoms with Crippen LogP contribution in [0.3, 0.4) is 0 Å². The number of benzene rings is 1. The molecular weight excluding hydrogens is 260 g/mol. The van der Waals surface area contributed by atoms with Gasteiger partial charge in [-0.1, -0.05) is 6.92 Å². The fourth-order valence-electron chi connectivity index (χ4n) is 1.17. The Morgan fingerprint density at radius 2 is 1.88 bits per heavy atom. The minimum atomic E-state index is -3.15. The maximum absolute atomic E-state index is 11.5. The molecule has 0 aromatic heterocycles. The lowest BCUT2D eigenvalue weighted by molar-refractivity contribution is -0.136. The normalized spacial score (nSPS) is 11.4. The number of hydrogen-bond donors (Lipinski definition) is 1. The van der Waals surface area contributed by atoms with E-state index < -0.39 is 15.8 Å². The maximum Gasteiger partial charge on any atom is 0.304 e. The summed E-state index contributed by atoms with van der Waals surface area (Å²) in [7, 11) is -3.15. The van der Waals surface area contributed by atoms with Crippen molar-refractivity contribution in [2.24, 2.45) is 0 Å². The minimum absolute atomic E-state index is 0.0818. The van der Waals surface area contributed by atoms with Crippen molar-refractivity contribution in [2.45, 2.75) is 23.1 Å². The highest BCUT2D eigenvalue weighted by Crippen LogP contribution is 2.21. The zero-order valence-corrected chi connectivity index (χ0v) is 11.1. The van der Waals surface area contributed by atoms with E-state index in [9.17, 15) is 13.2 Å². The van der Waals surface area contributed by atoms with Crippen LogP contribution in [0.25, 0.3) is 0 Å². The van der Waals surface area contributed by atoms with Crippen molar-refractivity contribution in [3.05, 3.63) is 24.3 Å². The second kappa shape index (κ2) is 6.07. The molecule has 0 amide bonds. The van der Waals surface area contributed by atoms with Crippen LogP contribution in [0, 0.1) is 0 Å². The molecule has 0 heterocycles. The van der Waals surface area contributed by atoms with Gasteiger partial charge in [-0.25, -0.2) is 8.42 Å². The zero-order valence-electron chi connectivity index (χ0n) is 9.42. The van der Waals surface area contributed by atoms with E-state index in [-0.39, 0.29) is 12.2 Å². The topological polar surface area (TPSA) is 71.4 Å². The Morgan fingerprint density at radius 3 is 2.35 bits per heavy atom. The summed E-state index contributed by atoms with van der Waals surface area (Å²) >= 11 is 1.40. The van der Waals surface area contributed by atoms with E-state index in [4.69, 9.17) is 5.11 Å². The first-order valence-electron chi connectivity index (χ1n) is 5.13. The molecule has 17 heavy (non-hydrogen) atoms. The molecule has 4 nitrogen and oxygen atoms in total. The third-order valence-electron chi connectivity index (χ3n) is 2.15. The highest BCUT2D eigenvalue weighted by atomic mass is 32.2. The van der Waals surface area contributed by atoms with Gasteiger partial charge in [-0.3, -0.25) is 4.79 Å². The molecule has 0 bridgehead atoms. The van der Waals surface area contributed by atoms with Gasteiger partial charge in [0, 0.05) is 10.6 Å². The number of aliphatic carboxylic acids is 1. The van der Waals surface area contributed by atoms with Gasteiger partial charge in [0.05, 0.1) is 17.1 Å². The molecule has 1 aromatic carbocycles. The van der Waals surface area contributed by atoms with Gasteiger partial charge >= 0.3 is 5.97 Å². The zero-order chi connectivity index (χ0) is 12.9. The average molecular weight is 274 g/mol. The van der Waals surface area contributed by atoms with Gasteiger partial charge in [-0.05, 0) is 24.3 Å². The Hall–Kier alpha value is -1.01. The van der Waals surface area contributed by atoms with Gasteiger partial charge in [0.15, 0.2) is 9.84 Å². The predicted octanol–water partition coefficient (Wildman–Crippen LogP) is 2.05. The number of sulfone groups is 1. The molecule has 0 fully saturated rings. The van der Waals surface area contributed by atoms with Crippen LogP contribution < -0.4 is 0 Å². The molecule has 0 saturated carbocycles. The monoisotopic (exact) mass is 274 g/mol. The van der Waals surface area contributed by atoms with Gasteiger partial charge in [0.2, 0.25) is 0 Å². The Balaban J connectivity index is 2.66. The number of carboxylic acids is 1. The molecule has 0 aliphatic heterocycles. The van der Waals surface area contributed by atoms with Crippen LogP contribution in [-0.4, -0.2) is 31.0 Å². The van der Waals surface area contributed by atoms with Crippen molar-refractivity contribution in [1.29, 1.82) is 0 Å². The van der Waals surface area contributed by atoms with E-state index >= 15 is 0 Å². The number of rotatable bonds is 6. The molecule has 6 heteroatoms. The van der Waals surface area contributed by atoms with Crippen molar-refractivity contribution < 1.29 is 18.3 Å². The van der Waals surface area contributed by atoms with E-state index in [1.807, 2.05) is 0 Å². The van der Waals surface area contributed by atoms with Gasteiger partial charge in [0.1, 0.15) is 0 Å². The summed E-state index contributed by atoms with van der Waals surface area (Å²) in [4.78, 5) is 11.5. The molecule has 1 N–H and O–H groups in total. The average Bonchev–Trinajstić information content (AvgIpc) is 2.29. The van der Waals surface area contributed by atoms with Gasteiger partial charge < -0.3 is 5.11 Å². The Labute approximate surface area is 105 Å². The fourth-order valence-corrected chi connectivity index (χ4v) is 2.89. The van der Waals surface area contributed by atoms with Crippen molar-refractivity contribution in [3.8, 4) is 0 Å². The molecule has 0 aliphatic carbocycles. The number of thioether (sulfide) groups is 1. The van der Waals surface area contributed by atoms with Gasteiger partial charge in [-0.2, -0.15) is 0 Å². The first kappa shape index (κ1) is 14.1. The van der Waals surface area contributed by atoms with Crippen LogP contribution in [0.5, 0.6) is 0 Å². The van der Waals surface area contributed by atoms with E-state index in [2.05, 4.69) is 0 Å². The van der Waals surface area contributed by atoms with Crippen LogP contribution in [0.4, 0.5) is 0 Å². The second-order valence-corrected chi connectivity index (χ2v) is 6.81. The van der Waals surface area contributed by atoms with Crippen molar-refractivity contribution in [2.75, 3.05) is 11.5 Å². The molecule has 94 valence electrons. The summed E-state index contributed by atoms with van der Waals surface area (Å²) in [5.41, 5.74) is 0. The molecule has 0 aliphatic rings. The van der Waals surface area contributed by atoms with E-state index in [0.717, 1.165) is 4.90 Å². The van der Waals surface area contributed by atoms with Crippen LogP contribution >= 0.6 is 11.8 Å². The number of carbonyl (C=O) groups is 1. The molecule has 0 atom stereocenters. The third-order valence-corrected chi connectivity index (χ3v) is 4.91. The molecule has 0 saturated heterocycles.